The molecule has 2 aromatic rings. The van der Waals surface area contributed by atoms with Crippen LogP contribution < -0.4 is 10.1 Å². The minimum absolute atomic E-state index is 0.0511. The van der Waals surface area contributed by atoms with Crippen molar-refractivity contribution in [3.8, 4) is 5.75 Å². The minimum Gasteiger partial charge on any atom is -0.481 e. The van der Waals surface area contributed by atoms with Crippen LogP contribution in [-0.2, 0) is 11.2 Å². The van der Waals surface area contributed by atoms with Crippen molar-refractivity contribution in [1.29, 1.82) is 0 Å². The van der Waals surface area contributed by atoms with E-state index in [1.807, 2.05) is 26.8 Å². The molecule has 0 aliphatic heterocycles. The number of nitrogens with one attached hydrogen (secondary N) is 1. The first kappa shape index (κ1) is 19.0. The predicted octanol–water partition coefficient (Wildman–Crippen LogP) is 4.82. The van der Waals surface area contributed by atoms with Crippen LogP contribution >= 0.6 is 0 Å². The van der Waals surface area contributed by atoms with Crippen LogP contribution in [0.1, 0.15) is 54.6 Å². The van der Waals surface area contributed by atoms with Gasteiger partial charge in [0.25, 0.3) is 5.91 Å². The fraction of sp³-hybridized carbons (Fsp3) is 0.409. The highest BCUT2D eigenvalue weighted by Crippen LogP contribution is 2.24. The summed E-state index contributed by atoms with van der Waals surface area (Å²) >= 11 is 0. The highest BCUT2D eigenvalue weighted by atomic mass is 16.5. The van der Waals surface area contributed by atoms with Crippen LogP contribution in [0.25, 0.3) is 0 Å². The summed E-state index contributed by atoms with van der Waals surface area (Å²) in [7, 11) is 0. The second kappa shape index (κ2) is 8.19. The fourth-order valence-corrected chi connectivity index (χ4v) is 2.82. The van der Waals surface area contributed by atoms with E-state index in [0.717, 1.165) is 28.9 Å². The van der Waals surface area contributed by atoms with Gasteiger partial charge < -0.3 is 10.1 Å². The maximum atomic E-state index is 12.5. The van der Waals surface area contributed by atoms with Gasteiger partial charge in [-0.15, -0.1) is 0 Å². The normalized spacial score (nSPS) is 13.2. The van der Waals surface area contributed by atoms with Crippen LogP contribution in [0.15, 0.2) is 36.4 Å². The maximum Gasteiger partial charge on any atom is 0.261 e. The van der Waals surface area contributed by atoms with Gasteiger partial charge >= 0.3 is 0 Å². The molecule has 0 fully saturated rings. The van der Waals surface area contributed by atoms with Crippen molar-refractivity contribution in [2.45, 2.75) is 60.1 Å². The summed E-state index contributed by atoms with van der Waals surface area (Å²) in [4.78, 5) is 12.5. The Hall–Kier alpha value is -2.29. The zero-order chi connectivity index (χ0) is 18.6. The topological polar surface area (TPSA) is 38.3 Å². The summed E-state index contributed by atoms with van der Waals surface area (Å²) in [5.41, 5.74) is 5.78. The molecule has 1 N–H and O–H groups in total. The van der Waals surface area contributed by atoms with Crippen molar-refractivity contribution < 1.29 is 9.53 Å². The minimum atomic E-state index is -0.544. The van der Waals surface area contributed by atoms with Gasteiger partial charge in [0.15, 0.2) is 6.10 Å². The monoisotopic (exact) mass is 339 g/mol. The SMILES string of the molecule is CCc1ccc([C@@H](C)NC(=O)[C@H](C)Oc2cc(C)cc(C)c2C)cc1. The summed E-state index contributed by atoms with van der Waals surface area (Å²) in [5, 5.41) is 3.04. The summed E-state index contributed by atoms with van der Waals surface area (Å²) in [5.74, 6) is 0.672. The van der Waals surface area contributed by atoms with Gasteiger partial charge in [-0.25, -0.2) is 0 Å². The number of carbonyl (C=O) groups is 1. The predicted molar refractivity (Wildman–Crippen MR) is 103 cm³/mol. The lowest BCUT2D eigenvalue weighted by Crippen LogP contribution is -2.37. The third-order valence-electron chi connectivity index (χ3n) is 4.68. The molecule has 0 saturated carbocycles. The second-order valence-corrected chi connectivity index (χ2v) is 6.79. The number of hydrogen-bond acceptors (Lipinski definition) is 2. The third-order valence-corrected chi connectivity index (χ3v) is 4.68. The first-order valence-electron chi connectivity index (χ1n) is 8.95. The van der Waals surface area contributed by atoms with Gasteiger partial charge in [0, 0.05) is 0 Å². The van der Waals surface area contributed by atoms with Crippen LogP contribution in [-0.4, -0.2) is 12.0 Å². The molecule has 3 nitrogen and oxygen atoms in total. The molecule has 0 unspecified atom stereocenters. The van der Waals surface area contributed by atoms with Gasteiger partial charge in [0.2, 0.25) is 0 Å². The number of ether oxygens (including phenoxy) is 1. The molecule has 0 saturated heterocycles. The van der Waals surface area contributed by atoms with Crippen LogP contribution in [0.3, 0.4) is 0 Å². The molecule has 2 aromatic carbocycles. The van der Waals surface area contributed by atoms with Crippen LogP contribution in [0.5, 0.6) is 5.75 Å². The number of aryl methyl sites for hydroxylation is 3. The maximum absolute atomic E-state index is 12.5. The number of amides is 1. The Bertz CT molecular complexity index is 734. The van der Waals surface area contributed by atoms with E-state index < -0.39 is 6.10 Å². The van der Waals surface area contributed by atoms with E-state index in [0.29, 0.717) is 0 Å². The van der Waals surface area contributed by atoms with Crippen molar-refractivity contribution in [2.24, 2.45) is 0 Å². The Kier molecular flexibility index (Phi) is 6.24. The molecule has 0 bridgehead atoms. The molecule has 2 atom stereocenters. The number of benzene rings is 2. The molecular formula is C22H29NO2. The van der Waals surface area contributed by atoms with Crippen molar-refractivity contribution in [1.82, 2.24) is 5.32 Å². The number of carbonyl (C=O) groups excluding carboxylic acids is 1. The Morgan fingerprint density at radius 1 is 1.08 bits per heavy atom. The third kappa shape index (κ3) is 4.85. The summed E-state index contributed by atoms with van der Waals surface area (Å²) < 4.78 is 5.93. The molecule has 0 aromatic heterocycles. The summed E-state index contributed by atoms with van der Waals surface area (Å²) in [6.07, 6.45) is 0.471. The van der Waals surface area contributed by atoms with Gasteiger partial charge in [-0.3, -0.25) is 4.79 Å². The van der Waals surface area contributed by atoms with Crippen molar-refractivity contribution in [3.05, 3.63) is 64.2 Å². The van der Waals surface area contributed by atoms with Crippen LogP contribution in [0, 0.1) is 20.8 Å². The van der Waals surface area contributed by atoms with E-state index in [9.17, 15) is 4.79 Å². The average molecular weight is 339 g/mol. The molecule has 2 rings (SSSR count). The Balaban J connectivity index is 2.02. The van der Waals surface area contributed by atoms with Gasteiger partial charge in [-0.05, 0) is 74.9 Å². The lowest BCUT2D eigenvalue weighted by atomic mass is 10.0. The molecule has 0 spiro atoms. The van der Waals surface area contributed by atoms with Gasteiger partial charge in [-0.2, -0.15) is 0 Å². The van der Waals surface area contributed by atoms with Crippen LogP contribution in [0.4, 0.5) is 0 Å². The van der Waals surface area contributed by atoms with E-state index in [-0.39, 0.29) is 11.9 Å². The van der Waals surface area contributed by atoms with Crippen molar-refractivity contribution in [2.75, 3.05) is 0 Å². The standard InChI is InChI=1S/C22H29NO2/c1-7-19-8-10-20(11-9-19)17(5)23-22(24)18(6)25-21-13-14(2)12-15(3)16(21)4/h8-13,17-18H,7H2,1-6H3,(H,23,24)/t17-,18+/m1/s1. The molecule has 0 radical (unpaired) electrons. The highest BCUT2D eigenvalue weighted by molar-refractivity contribution is 5.81. The molecule has 0 aliphatic carbocycles. The first-order valence-corrected chi connectivity index (χ1v) is 8.95. The Morgan fingerprint density at radius 3 is 2.32 bits per heavy atom. The summed E-state index contributed by atoms with van der Waals surface area (Å²) in [6.45, 7) is 12.0. The largest absolute Gasteiger partial charge is 0.481 e. The second-order valence-electron chi connectivity index (χ2n) is 6.79. The van der Waals surface area contributed by atoms with Gasteiger partial charge in [-0.1, -0.05) is 37.3 Å². The van der Waals surface area contributed by atoms with Crippen molar-refractivity contribution >= 4 is 5.91 Å². The molecule has 25 heavy (non-hydrogen) atoms. The van der Waals surface area contributed by atoms with Crippen molar-refractivity contribution in [3.63, 3.8) is 0 Å². The molecule has 1 amide bonds. The van der Waals surface area contributed by atoms with E-state index in [4.69, 9.17) is 4.74 Å². The van der Waals surface area contributed by atoms with E-state index >= 15 is 0 Å². The summed E-state index contributed by atoms with van der Waals surface area (Å²) in [6, 6.07) is 12.4. The molecule has 0 aliphatic rings. The highest BCUT2D eigenvalue weighted by Gasteiger charge is 2.19. The van der Waals surface area contributed by atoms with Gasteiger partial charge in [0.05, 0.1) is 6.04 Å². The zero-order valence-electron chi connectivity index (χ0n) is 16.1. The Labute approximate surface area is 151 Å². The molecule has 134 valence electrons. The number of hydrogen-bond donors (Lipinski definition) is 1. The Morgan fingerprint density at radius 2 is 1.72 bits per heavy atom. The van der Waals surface area contributed by atoms with Gasteiger partial charge in [0.1, 0.15) is 5.75 Å². The van der Waals surface area contributed by atoms with E-state index in [1.54, 1.807) is 6.92 Å². The zero-order valence-corrected chi connectivity index (χ0v) is 16.1. The molecule has 0 heterocycles. The lowest BCUT2D eigenvalue weighted by Gasteiger charge is -2.21. The molecule has 3 heteroatoms. The van der Waals surface area contributed by atoms with E-state index in [1.165, 1.54) is 11.1 Å². The quantitative estimate of drug-likeness (QED) is 0.819. The van der Waals surface area contributed by atoms with Crippen LogP contribution in [0.2, 0.25) is 0 Å². The average Bonchev–Trinajstić information content (AvgIpc) is 2.59. The smallest absolute Gasteiger partial charge is 0.261 e. The van der Waals surface area contributed by atoms with E-state index in [2.05, 4.69) is 49.5 Å². The molecular weight excluding hydrogens is 310 g/mol. The number of rotatable bonds is 6. The fourth-order valence-electron chi connectivity index (χ4n) is 2.82. The lowest BCUT2D eigenvalue weighted by molar-refractivity contribution is -0.127. The first-order chi connectivity index (χ1) is 11.8.